The Balaban J connectivity index is 2.03. The molecule has 0 aromatic heterocycles. The van der Waals surface area contributed by atoms with Crippen molar-refractivity contribution in [3.05, 3.63) is 29.0 Å². The second-order valence-corrected chi connectivity index (χ2v) is 4.46. The number of rotatable bonds is 10. The molecule has 0 bridgehead atoms. The molecule has 0 fully saturated rings. The van der Waals surface area contributed by atoms with Gasteiger partial charge in [0.2, 0.25) is 0 Å². The molecule has 0 radical (unpaired) electrons. The third-order valence-corrected chi connectivity index (χ3v) is 2.84. The van der Waals surface area contributed by atoms with Crippen LogP contribution < -0.4 is 10.1 Å². The molecule has 3 nitrogen and oxygen atoms in total. The van der Waals surface area contributed by atoms with Crippen molar-refractivity contribution in [1.82, 2.24) is 5.32 Å². The minimum absolute atomic E-state index is 0.0846. The van der Waals surface area contributed by atoms with Crippen LogP contribution in [0.2, 0.25) is 5.02 Å². The molecule has 1 rings (SSSR count). The highest BCUT2D eigenvalue weighted by atomic mass is 35.5. The standard InChI is InChI=1S/C14H21ClFNO2/c1-2-18-10-4-3-8-17-9-11-19-13-7-5-6-12(15)14(13)16/h5-7,17H,2-4,8-11H2,1H3. The average molecular weight is 290 g/mol. The first kappa shape index (κ1) is 16.2. The van der Waals surface area contributed by atoms with Gasteiger partial charge in [-0.1, -0.05) is 17.7 Å². The topological polar surface area (TPSA) is 30.5 Å². The number of benzene rings is 1. The Kier molecular flexibility index (Phi) is 8.54. The van der Waals surface area contributed by atoms with Gasteiger partial charge in [-0.05, 0) is 38.4 Å². The van der Waals surface area contributed by atoms with Crippen LogP contribution >= 0.6 is 11.6 Å². The first-order valence-corrected chi connectivity index (χ1v) is 6.98. The maximum atomic E-state index is 13.5. The zero-order chi connectivity index (χ0) is 13.9. The van der Waals surface area contributed by atoms with Crippen molar-refractivity contribution in [2.75, 3.05) is 32.9 Å². The van der Waals surface area contributed by atoms with Crippen LogP contribution in [0.15, 0.2) is 18.2 Å². The number of nitrogens with one attached hydrogen (secondary N) is 1. The SMILES string of the molecule is CCOCCCCNCCOc1cccc(Cl)c1F. The predicted molar refractivity (Wildman–Crippen MR) is 75.5 cm³/mol. The highest BCUT2D eigenvalue weighted by Gasteiger charge is 2.06. The predicted octanol–water partition coefficient (Wildman–Crippen LogP) is 3.26. The summed E-state index contributed by atoms with van der Waals surface area (Å²) >= 11 is 5.65. The third-order valence-electron chi connectivity index (χ3n) is 2.55. The van der Waals surface area contributed by atoms with E-state index in [1.807, 2.05) is 6.92 Å². The quantitative estimate of drug-likeness (QED) is 0.671. The van der Waals surface area contributed by atoms with Crippen LogP contribution in [0, 0.1) is 5.82 Å². The summed E-state index contributed by atoms with van der Waals surface area (Å²) in [5.41, 5.74) is 0. The van der Waals surface area contributed by atoms with Crippen LogP contribution in [0.3, 0.4) is 0 Å². The minimum Gasteiger partial charge on any atom is -0.489 e. The summed E-state index contributed by atoms with van der Waals surface area (Å²) in [5, 5.41) is 3.32. The Labute approximate surface area is 119 Å². The largest absolute Gasteiger partial charge is 0.489 e. The normalized spacial score (nSPS) is 10.7. The highest BCUT2D eigenvalue weighted by molar-refractivity contribution is 6.30. The molecule has 0 saturated carbocycles. The van der Waals surface area contributed by atoms with E-state index >= 15 is 0 Å². The van der Waals surface area contributed by atoms with E-state index in [2.05, 4.69) is 5.32 Å². The summed E-state index contributed by atoms with van der Waals surface area (Å²) < 4.78 is 24.0. The van der Waals surface area contributed by atoms with Gasteiger partial charge < -0.3 is 14.8 Å². The lowest BCUT2D eigenvalue weighted by Gasteiger charge is -2.09. The zero-order valence-corrected chi connectivity index (χ0v) is 12.0. The van der Waals surface area contributed by atoms with Crippen LogP contribution in [0.4, 0.5) is 4.39 Å². The molecule has 0 atom stereocenters. The Bertz CT molecular complexity index is 363. The van der Waals surface area contributed by atoms with Crippen molar-refractivity contribution in [2.45, 2.75) is 19.8 Å². The van der Waals surface area contributed by atoms with Crippen molar-refractivity contribution in [3.8, 4) is 5.75 Å². The summed E-state index contributed by atoms with van der Waals surface area (Å²) in [7, 11) is 0. The van der Waals surface area contributed by atoms with Crippen LogP contribution in [0.25, 0.3) is 0 Å². The number of unbranched alkanes of at least 4 members (excludes halogenated alkanes) is 1. The van der Waals surface area contributed by atoms with E-state index in [4.69, 9.17) is 21.1 Å². The molecule has 1 N–H and O–H groups in total. The van der Waals surface area contributed by atoms with Gasteiger partial charge in [0.1, 0.15) is 6.61 Å². The van der Waals surface area contributed by atoms with E-state index in [9.17, 15) is 4.39 Å². The number of hydrogen-bond donors (Lipinski definition) is 1. The van der Waals surface area contributed by atoms with Gasteiger partial charge in [0, 0.05) is 19.8 Å². The molecule has 19 heavy (non-hydrogen) atoms. The molecule has 0 aliphatic rings. The lowest BCUT2D eigenvalue weighted by Crippen LogP contribution is -2.22. The molecule has 0 saturated heterocycles. The summed E-state index contributed by atoms with van der Waals surface area (Å²) in [6, 6.07) is 4.74. The van der Waals surface area contributed by atoms with Crippen molar-refractivity contribution in [1.29, 1.82) is 0 Å². The fourth-order valence-corrected chi connectivity index (χ4v) is 1.72. The maximum Gasteiger partial charge on any atom is 0.183 e. The third kappa shape index (κ3) is 6.76. The van der Waals surface area contributed by atoms with Crippen LogP contribution in [-0.2, 0) is 4.74 Å². The molecule has 0 unspecified atom stereocenters. The average Bonchev–Trinajstić information content (AvgIpc) is 2.41. The Hall–Kier alpha value is -0.840. The Morgan fingerprint density at radius 2 is 2.05 bits per heavy atom. The van der Waals surface area contributed by atoms with E-state index in [1.54, 1.807) is 12.1 Å². The summed E-state index contributed by atoms with van der Waals surface area (Å²) in [4.78, 5) is 0. The number of hydrogen-bond acceptors (Lipinski definition) is 3. The first-order valence-electron chi connectivity index (χ1n) is 6.61. The number of ether oxygens (including phenoxy) is 2. The van der Waals surface area contributed by atoms with Crippen LogP contribution in [0.1, 0.15) is 19.8 Å². The minimum atomic E-state index is -0.499. The fourth-order valence-electron chi connectivity index (χ4n) is 1.55. The second-order valence-electron chi connectivity index (χ2n) is 4.05. The van der Waals surface area contributed by atoms with Crippen molar-refractivity contribution in [3.63, 3.8) is 0 Å². The van der Waals surface area contributed by atoms with E-state index < -0.39 is 5.82 Å². The molecule has 1 aromatic carbocycles. The van der Waals surface area contributed by atoms with Crippen LogP contribution in [0.5, 0.6) is 5.75 Å². The molecule has 108 valence electrons. The first-order chi connectivity index (χ1) is 9.25. The molecule has 1 aromatic rings. The molecule has 0 aliphatic carbocycles. The fraction of sp³-hybridized carbons (Fsp3) is 0.571. The summed E-state index contributed by atoms with van der Waals surface area (Å²) in [6.45, 7) is 5.58. The van der Waals surface area contributed by atoms with Crippen LogP contribution in [-0.4, -0.2) is 32.9 Å². The Morgan fingerprint density at radius 3 is 2.84 bits per heavy atom. The molecule has 0 heterocycles. The van der Waals surface area contributed by atoms with Gasteiger partial charge in [-0.3, -0.25) is 0 Å². The lowest BCUT2D eigenvalue weighted by molar-refractivity contribution is 0.143. The zero-order valence-electron chi connectivity index (χ0n) is 11.3. The van der Waals surface area contributed by atoms with Crippen molar-refractivity contribution in [2.24, 2.45) is 0 Å². The smallest absolute Gasteiger partial charge is 0.183 e. The van der Waals surface area contributed by atoms with E-state index in [1.165, 1.54) is 6.07 Å². The highest BCUT2D eigenvalue weighted by Crippen LogP contribution is 2.23. The van der Waals surface area contributed by atoms with Gasteiger partial charge in [-0.2, -0.15) is 0 Å². The monoisotopic (exact) mass is 289 g/mol. The van der Waals surface area contributed by atoms with Crippen molar-refractivity contribution < 1.29 is 13.9 Å². The van der Waals surface area contributed by atoms with Gasteiger partial charge in [0.25, 0.3) is 0 Å². The van der Waals surface area contributed by atoms with Gasteiger partial charge in [-0.15, -0.1) is 0 Å². The Morgan fingerprint density at radius 1 is 1.21 bits per heavy atom. The second kappa shape index (κ2) is 10.0. The van der Waals surface area contributed by atoms with Gasteiger partial charge in [-0.25, -0.2) is 4.39 Å². The van der Waals surface area contributed by atoms with E-state index in [-0.39, 0.29) is 10.8 Å². The summed E-state index contributed by atoms with van der Waals surface area (Å²) in [5.74, 6) is -0.300. The van der Waals surface area contributed by atoms with Crippen molar-refractivity contribution >= 4 is 11.6 Å². The summed E-state index contributed by atoms with van der Waals surface area (Å²) in [6.07, 6.45) is 2.11. The van der Waals surface area contributed by atoms with E-state index in [0.29, 0.717) is 13.2 Å². The maximum absolute atomic E-state index is 13.5. The van der Waals surface area contributed by atoms with Gasteiger partial charge in [0.05, 0.1) is 5.02 Å². The molecular weight excluding hydrogens is 269 g/mol. The molecule has 0 spiro atoms. The molecular formula is C14H21ClFNO2. The molecule has 5 heteroatoms. The van der Waals surface area contributed by atoms with Gasteiger partial charge >= 0.3 is 0 Å². The van der Waals surface area contributed by atoms with Gasteiger partial charge in [0.15, 0.2) is 11.6 Å². The number of halogens is 2. The van der Waals surface area contributed by atoms with E-state index in [0.717, 1.165) is 32.6 Å². The lowest BCUT2D eigenvalue weighted by atomic mass is 10.3. The molecule has 0 amide bonds. The molecule has 0 aliphatic heterocycles.